The lowest BCUT2D eigenvalue weighted by molar-refractivity contribution is 0.0153. The van der Waals surface area contributed by atoms with Gasteiger partial charge in [0.1, 0.15) is 17.4 Å². The Balaban J connectivity index is 2.81. The highest BCUT2D eigenvalue weighted by Crippen LogP contribution is 2.26. The minimum absolute atomic E-state index is 0.484. The highest BCUT2D eigenvalue weighted by Gasteiger charge is 2.32. The lowest BCUT2D eigenvalue weighted by Crippen LogP contribution is -2.44. The zero-order valence-electron chi connectivity index (χ0n) is 17.1. The molecule has 1 aromatic rings. The summed E-state index contributed by atoms with van der Waals surface area (Å²) in [6.45, 7) is 13.5. The Labute approximate surface area is 157 Å². The number of alkyl carbamates (subject to hydrolysis) is 1. The number of pyridine rings is 1. The van der Waals surface area contributed by atoms with Crippen LogP contribution in [0.1, 0.15) is 73.0 Å². The Bertz CT molecular complexity index is 559. The van der Waals surface area contributed by atoms with Gasteiger partial charge in [0.2, 0.25) is 0 Å². The number of carbonyl (C=O) groups excluding carboxylic acids is 1. The SMILES string of the molecule is CCCC(C)COc1ccc(C(NC(=O)OC(C)(C)C)C(C)(C)O)nc1. The van der Waals surface area contributed by atoms with E-state index in [0.29, 0.717) is 24.0 Å². The summed E-state index contributed by atoms with van der Waals surface area (Å²) in [5.74, 6) is 1.15. The van der Waals surface area contributed by atoms with E-state index in [-0.39, 0.29) is 0 Å². The molecule has 0 radical (unpaired) electrons. The Morgan fingerprint density at radius 3 is 2.38 bits per heavy atom. The maximum Gasteiger partial charge on any atom is 0.408 e. The molecular formula is C20H34N2O4. The van der Waals surface area contributed by atoms with Gasteiger partial charge in [-0.25, -0.2) is 4.79 Å². The second-order valence-corrected chi connectivity index (χ2v) is 8.36. The number of amides is 1. The van der Waals surface area contributed by atoms with Crippen molar-refractivity contribution >= 4 is 6.09 Å². The second kappa shape index (κ2) is 9.21. The molecule has 6 heteroatoms. The molecule has 2 N–H and O–H groups in total. The molecule has 0 aliphatic rings. The summed E-state index contributed by atoms with van der Waals surface area (Å²) in [6, 6.07) is 2.85. The van der Waals surface area contributed by atoms with Crippen molar-refractivity contribution in [3.05, 3.63) is 24.0 Å². The first-order valence-electron chi connectivity index (χ1n) is 9.23. The third-order valence-corrected chi connectivity index (χ3v) is 3.74. The van der Waals surface area contributed by atoms with Crippen LogP contribution in [0.2, 0.25) is 0 Å². The summed E-state index contributed by atoms with van der Waals surface area (Å²) in [4.78, 5) is 16.5. The van der Waals surface area contributed by atoms with Crippen LogP contribution in [0, 0.1) is 5.92 Å². The molecule has 1 heterocycles. The zero-order chi connectivity index (χ0) is 20.0. The number of hydrogen-bond acceptors (Lipinski definition) is 5. The maximum absolute atomic E-state index is 12.1. The van der Waals surface area contributed by atoms with E-state index in [0.717, 1.165) is 12.8 Å². The van der Waals surface area contributed by atoms with E-state index in [4.69, 9.17) is 9.47 Å². The molecular weight excluding hydrogens is 332 g/mol. The van der Waals surface area contributed by atoms with Gasteiger partial charge in [-0.05, 0) is 59.1 Å². The third kappa shape index (κ3) is 8.04. The third-order valence-electron chi connectivity index (χ3n) is 3.74. The van der Waals surface area contributed by atoms with Crippen molar-refractivity contribution in [1.29, 1.82) is 0 Å². The predicted octanol–water partition coefficient (Wildman–Crippen LogP) is 4.23. The van der Waals surface area contributed by atoms with Crippen LogP contribution < -0.4 is 10.1 Å². The molecule has 148 valence electrons. The quantitative estimate of drug-likeness (QED) is 0.719. The lowest BCUT2D eigenvalue weighted by Gasteiger charge is -2.31. The van der Waals surface area contributed by atoms with Crippen molar-refractivity contribution in [2.24, 2.45) is 5.92 Å². The molecule has 2 unspecified atom stereocenters. The average Bonchev–Trinajstić information content (AvgIpc) is 2.49. The molecule has 26 heavy (non-hydrogen) atoms. The largest absolute Gasteiger partial charge is 0.492 e. The van der Waals surface area contributed by atoms with Crippen molar-refractivity contribution < 1.29 is 19.4 Å². The fraction of sp³-hybridized carbons (Fsp3) is 0.700. The van der Waals surface area contributed by atoms with E-state index in [9.17, 15) is 9.90 Å². The van der Waals surface area contributed by atoms with Gasteiger partial charge in [-0.2, -0.15) is 0 Å². The van der Waals surface area contributed by atoms with Gasteiger partial charge >= 0.3 is 6.09 Å². The van der Waals surface area contributed by atoms with Gasteiger partial charge in [0.05, 0.1) is 24.1 Å². The van der Waals surface area contributed by atoms with Gasteiger partial charge in [-0.1, -0.05) is 20.3 Å². The summed E-state index contributed by atoms with van der Waals surface area (Å²) in [5.41, 5.74) is -1.28. The monoisotopic (exact) mass is 366 g/mol. The Kier molecular flexibility index (Phi) is 7.87. The van der Waals surface area contributed by atoms with Gasteiger partial charge in [0.25, 0.3) is 0 Å². The van der Waals surface area contributed by atoms with Crippen molar-refractivity contribution in [3.8, 4) is 5.75 Å². The van der Waals surface area contributed by atoms with Crippen LogP contribution in [0.25, 0.3) is 0 Å². The predicted molar refractivity (Wildman–Crippen MR) is 102 cm³/mol. The Morgan fingerprint density at radius 2 is 1.92 bits per heavy atom. The molecule has 0 fully saturated rings. The number of hydrogen-bond donors (Lipinski definition) is 2. The Morgan fingerprint density at radius 1 is 1.27 bits per heavy atom. The zero-order valence-corrected chi connectivity index (χ0v) is 17.1. The summed E-state index contributed by atoms with van der Waals surface area (Å²) in [6.07, 6.45) is 3.26. The van der Waals surface area contributed by atoms with Gasteiger partial charge in [-0.3, -0.25) is 4.98 Å². The van der Waals surface area contributed by atoms with E-state index in [1.165, 1.54) is 0 Å². The molecule has 6 nitrogen and oxygen atoms in total. The number of aromatic nitrogens is 1. The lowest BCUT2D eigenvalue weighted by atomic mass is 9.95. The molecule has 0 spiro atoms. The first kappa shape index (κ1) is 22.2. The highest BCUT2D eigenvalue weighted by molar-refractivity contribution is 5.68. The number of ether oxygens (including phenoxy) is 2. The van der Waals surface area contributed by atoms with Crippen LogP contribution in [0.15, 0.2) is 18.3 Å². The summed E-state index contributed by atoms with van der Waals surface area (Å²) < 4.78 is 11.0. The number of aliphatic hydroxyl groups is 1. The van der Waals surface area contributed by atoms with Gasteiger partial charge in [0, 0.05) is 0 Å². The van der Waals surface area contributed by atoms with Crippen LogP contribution in [0.5, 0.6) is 5.75 Å². The first-order chi connectivity index (χ1) is 11.9. The molecule has 0 saturated heterocycles. The molecule has 1 aromatic heterocycles. The molecule has 1 rings (SSSR count). The van der Waals surface area contributed by atoms with Gasteiger partial charge in [0.15, 0.2) is 0 Å². The smallest absolute Gasteiger partial charge is 0.408 e. The van der Waals surface area contributed by atoms with Crippen LogP contribution in [0.3, 0.4) is 0 Å². The maximum atomic E-state index is 12.1. The van der Waals surface area contributed by atoms with Crippen LogP contribution in [-0.4, -0.2) is 34.0 Å². The molecule has 2 atom stereocenters. The normalized spacial score (nSPS) is 14.5. The minimum atomic E-state index is -1.21. The van der Waals surface area contributed by atoms with Crippen molar-refractivity contribution in [3.63, 3.8) is 0 Å². The highest BCUT2D eigenvalue weighted by atomic mass is 16.6. The minimum Gasteiger partial charge on any atom is -0.492 e. The molecule has 1 amide bonds. The van der Waals surface area contributed by atoms with Gasteiger partial charge in [-0.15, -0.1) is 0 Å². The van der Waals surface area contributed by atoms with E-state index >= 15 is 0 Å². The molecule has 0 aromatic carbocycles. The van der Waals surface area contributed by atoms with E-state index in [2.05, 4.69) is 24.1 Å². The Hall–Kier alpha value is -1.82. The number of carbonyl (C=O) groups is 1. The van der Waals surface area contributed by atoms with E-state index < -0.39 is 23.3 Å². The molecule has 0 aliphatic heterocycles. The fourth-order valence-electron chi connectivity index (χ4n) is 2.50. The summed E-state index contributed by atoms with van der Waals surface area (Å²) in [5, 5.41) is 13.1. The number of rotatable bonds is 8. The van der Waals surface area contributed by atoms with Gasteiger partial charge < -0.3 is 19.9 Å². The van der Waals surface area contributed by atoms with E-state index in [1.807, 2.05) is 0 Å². The van der Waals surface area contributed by atoms with Crippen molar-refractivity contribution in [2.75, 3.05) is 6.61 Å². The molecule has 0 bridgehead atoms. The van der Waals surface area contributed by atoms with E-state index in [1.54, 1.807) is 52.9 Å². The average molecular weight is 367 g/mol. The number of nitrogens with zero attached hydrogens (tertiary/aromatic N) is 1. The van der Waals surface area contributed by atoms with Crippen LogP contribution >= 0.6 is 0 Å². The standard InChI is InChI=1S/C20H34N2O4/c1-8-9-14(2)13-25-15-10-11-16(21-12-15)17(20(6,7)24)22-18(23)26-19(3,4)5/h10-12,14,17,24H,8-9,13H2,1-7H3,(H,22,23). The molecule has 0 saturated carbocycles. The summed E-state index contributed by atoms with van der Waals surface area (Å²) in [7, 11) is 0. The summed E-state index contributed by atoms with van der Waals surface area (Å²) >= 11 is 0. The molecule has 0 aliphatic carbocycles. The van der Waals surface area contributed by atoms with Crippen molar-refractivity contribution in [1.82, 2.24) is 10.3 Å². The number of nitrogens with one attached hydrogen (secondary N) is 1. The van der Waals surface area contributed by atoms with Crippen molar-refractivity contribution in [2.45, 2.75) is 78.6 Å². The van der Waals surface area contributed by atoms with Crippen LogP contribution in [0.4, 0.5) is 4.79 Å². The topological polar surface area (TPSA) is 80.7 Å². The van der Waals surface area contributed by atoms with Crippen LogP contribution in [-0.2, 0) is 4.74 Å². The first-order valence-corrected chi connectivity index (χ1v) is 9.23. The fourth-order valence-corrected chi connectivity index (χ4v) is 2.50. The second-order valence-electron chi connectivity index (χ2n) is 8.36.